The third-order valence-electron chi connectivity index (χ3n) is 9.44. The average Bonchev–Trinajstić information content (AvgIpc) is 3.92. The number of para-hydroxylation sites is 1. The summed E-state index contributed by atoms with van der Waals surface area (Å²) in [7, 11) is 0. The van der Waals surface area contributed by atoms with Crippen LogP contribution < -0.4 is 10.6 Å². The van der Waals surface area contributed by atoms with Crippen LogP contribution in [0.5, 0.6) is 5.75 Å². The molecule has 55 heavy (non-hydrogen) atoms. The van der Waals surface area contributed by atoms with Crippen molar-refractivity contribution in [2.45, 2.75) is 58.2 Å². The van der Waals surface area contributed by atoms with Crippen LogP contribution in [-0.4, -0.2) is 98.9 Å². The maximum Gasteiger partial charge on any atom is 0.243 e. The van der Waals surface area contributed by atoms with Crippen LogP contribution in [0.25, 0.3) is 21.7 Å². The maximum absolute atomic E-state index is 14.0. The number of thiazole rings is 1. The van der Waals surface area contributed by atoms with E-state index in [-0.39, 0.29) is 49.7 Å². The number of nitrogens with zero attached hydrogens (tertiary/aromatic N) is 5. The molecule has 0 saturated carbocycles. The van der Waals surface area contributed by atoms with Crippen molar-refractivity contribution >= 4 is 29.0 Å². The van der Waals surface area contributed by atoms with Gasteiger partial charge in [0.05, 0.1) is 66.0 Å². The number of ether oxygens (including phenoxy) is 2. The predicted molar refractivity (Wildman–Crippen MR) is 207 cm³/mol. The molecule has 4 heterocycles. The fourth-order valence-corrected chi connectivity index (χ4v) is 7.43. The summed E-state index contributed by atoms with van der Waals surface area (Å²) in [6, 6.07) is 18.8. The molecule has 2 aromatic carbocycles. The minimum atomic E-state index is -0.878. The summed E-state index contributed by atoms with van der Waals surface area (Å²) in [4.78, 5) is 34.8. The molecule has 290 valence electrons. The minimum absolute atomic E-state index is 0.0413. The number of anilines is 1. The number of aliphatic hydroxyl groups excluding tert-OH is 1. The number of amides is 2. The molecule has 4 atom stereocenters. The van der Waals surface area contributed by atoms with Crippen LogP contribution in [0.4, 0.5) is 5.82 Å². The van der Waals surface area contributed by atoms with Gasteiger partial charge in [0.1, 0.15) is 29.3 Å². The summed E-state index contributed by atoms with van der Waals surface area (Å²) in [5, 5.41) is 39.4. The predicted octanol–water partition coefficient (Wildman–Crippen LogP) is 5.28. The number of aryl methyl sites for hydroxylation is 2. The first-order valence-corrected chi connectivity index (χ1v) is 19.2. The molecule has 0 bridgehead atoms. The van der Waals surface area contributed by atoms with Gasteiger partial charge in [-0.2, -0.15) is 0 Å². The second kappa shape index (κ2) is 18.4. The first kappa shape index (κ1) is 39.5. The average molecular weight is 770 g/mol. The van der Waals surface area contributed by atoms with Gasteiger partial charge < -0.3 is 39.7 Å². The zero-order valence-corrected chi connectivity index (χ0v) is 32.2. The van der Waals surface area contributed by atoms with Gasteiger partial charge >= 0.3 is 0 Å². The number of aromatic hydroxyl groups is 1. The zero-order chi connectivity index (χ0) is 38.9. The second-order valence-electron chi connectivity index (χ2n) is 13.9. The summed E-state index contributed by atoms with van der Waals surface area (Å²) in [5.74, 6) is -0.286. The van der Waals surface area contributed by atoms with E-state index in [0.717, 1.165) is 21.7 Å². The van der Waals surface area contributed by atoms with Crippen LogP contribution >= 0.6 is 11.3 Å². The van der Waals surface area contributed by atoms with Crippen molar-refractivity contribution in [1.82, 2.24) is 30.6 Å². The highest BCUT2D eigenvalue weighted by Crippen LogP contribution is 2.32. The highest BCUT2D eigenvalue weighted by molar-refractivity contribution is 7.13. The van der Waals surface area contributed by atoms with Gasteiger partial charge in [0.2, 0.25) is 11.8 Å². The van der Waals surface area contributed by atoms with E-state index in [2.05, 4.69) is 31.0 Å². The molecule has 6 rings (SSSR count). The largest absolute Gasteiger partial charge is 0.507 e. The lowest BCUT2D eigenvalue weighted by Gasteiger charge is -2.30. The molecule has 2 amide bonds. The standard InChI is InChI=1S/C40H47N7O7S/c1-24(2)37(35-19-25(3)46-54-35)40(51)47-21-29(48)20-33(47)39(50)43-32(27-9-11-28(12-10-27)38-26(4)42-23-55-38)22-53-18-17-52-16-15-41-36-14-13-31(44-45-36)30-7-5-6-8-34(30)49/h5-14,19,23-24,29,32-33,37,48-49H,15-18,20-22H2,1-4H3,(H,41,45)(H,43,50)/t29-,32-,33+,37-/m1/s1. The molecule has 0 spiro atoms. The summed E-state index contributed by atoms with van der Waals surface area (Å²) in [6.45, 7) is 9.26. The minimum Gasteiger partial charge on any atom is -0.507 e. The molecule has 0 unspecified atom stereocenters. The van der Waals surface area contributed by atoms with E-state index in [1.165, 1.54) is 4.90 Å². The van der Waals surface area contributed by atoms with Gasteiger partial charge in [-0.1, -0.05) is 55.4 Å². The van der Waals surface area contributed by atoms with Crippen LogP contribution in [0.3, 0.4) is 0 Å². The number of benzene rings is 2. The Morgan fingerprint density at radius 3 is 2.47 bits per heavy atom. The number of phenolic OH excluding ortho intramolecular Hbond substituents is 1. The van der Waals surface area contributed by atoms with E-state index >= 15 is 0 Å². The van der Waals surface area contributed by atoms with E-state index in [0.29, 0.717) is 48.3 Å². The molecular weight excluding hydrogens is 723 g/mol. The van der Waals surface area contributed by atoms with Gasteiger partial charge in [-0.25, -0.2) is 4.98 Å². The monoisotopic (exact) mass is 769 g/mol. The zero-order valence-electron chi connectivity index (χ0n) is 31.3. The lowest BCUT2D eigenvalue weighted by atomic mass is 9.91. The summed E-state index contributed by atoms with van der Waals surface area (Å²) in [6.07, 6.45) is -0.731. The third kappa shape index (κ3) is 9.91. The number of β-amino-alcohol motifs (C(OH)–C–C–N with tert-alkyl or cyclic N) is 1. The van der Waals surface area contributed by atoms with Gasteiger partial charge in [-0.3, -0.25) is 9.59 Å². The molecular formula is C40H47N7O7S. The van der Waals surface area contributed by atoms with Crippen molar-refractivity contribution in [2.75, 3.05) is 44.8 Å². The SMILES string of the molecule is Cc1cc([C@H](C(=O)N2C[C@H](O)C[C@H]2C(=O)N[C@H](COCCOCCNc2ccc(-c3ccccc3O)nn2)c2ccc(-c3scnc3C)cc2)C(C)C)on1. The van der Waals surface area contributed by atoms with E-state index in [4.69, 9.17) is 14.0 Å². The van der Waals surface area contributed by atoms with E-state index < -0.39 is 24.1 Å². The van der Waals surface area contributed by atoms with Crippen LogP contribution in [-0.2, 0) is 19.1 Å². The van der Waals surface area contributed by atoms with Crippen molar-refractivity contribution in [1.29, 1.82) is 0 Å². The molecule has 1 saturated heterocycles. The number of aliphatic hydroxyl groups is 1. The fourth-order valence-electron chi connectivity index (χ4n) is 6.62. The van der Waals surface area contributed by atoms with Gasteiger partial charge in [0, 0.05) is 31.1 Å². The first-order valence-electron chi connectivity index (χ1n) is 18.3. The van der Waals surface area contributed by atoms with Crippen molar-refractivity contribution in [3.63, 3.8) is 0 Å². The molecule has 1 aliphatic heterocycles. The molecule has 0 radical (unpaired) electrons. The third-order valence-corrected chi connectivity index (χ3v) is 10.4. The second-order valence-corrected chi connectivity index (χ2v) is 14.7. The Hall–Kier alpha value is -5.22. The molecule has 4 N–H and O–H groups in total. The number of hydrogen-bond acceptors (Lipinski definition) is 13. The topological polar surface area (TPSA) is 185 Å². The van der Waals surface area contributed by atoms with E-state index in [1.807, 2.05) is 56.6 Å². The highest BCUT2D eigenvalue weighted by Gasteiger charge is 2.43. The smallest absolute Gasteiger partial charge is 0.243 e. The number of likely N-dealkylation sites (tertiary alicyclic amines) is 1. The van der Waals surface area contributed by atoms with Gasteiger partial charge in [0.15, 0.2) is 0 Å². The van der Waals surface area contributed by atoms with Crippen molar-refractivity contribution in [3.05, 3.63) is 95.0 Å². The number of hydrogen-bond donors (Lipinski definition) is 4. The summed E-state index contributed by atoms with van der Waals surface area (Å²) >= 11 is 1.56. The number of rotatable bonds is 17. The Morgan fingerprint density at radius 1 is 1.02 bits per heavy atom. The first-order chi connectivity index (χ1) is 26.6. The Kier molecular flexibility index (Phi) is 13.2. The summed E-state index contributed by atoms with van der Waals surface area (Å²) < 4.78 is 17.3. The lowest BCUT2D eigenvalue weighted by Crippen LogP contribution is -2.49. The Bertz CT molecular complexity index is 2020. The van der Waals surface area contributed by atoms with Crippen LogP contribution in [0.2, 0.25) is 0 Å². The number of carbonyl (C=O) groups is 2. The lowest BCUT2D eigenvalue weighted by molar-refractivity contribution is -0.141. The normalized spacial score (nSPS) is 16.7. The van der Waals surface area contributed by atoms with Crippen molar-refractivity contribution < 1.29 is 33.8 Å². The molecule has 5 aromatic rings. The Labute approximate surface area is 323 Å². The maximum atomic E-state index is 14.0. The number of nitrogens with one attached hydrogen (secondary N) is 2. The van der Waals surface area contributed by atoms with Crippen molar-refractivity contribution in [2.24, 2.45) is 5.92 Å². The van der Waals surface area contributed by atoms with Gasteiger partial charge in [-0.05, 0) is 55.2 Å². The van der Waals surface area contributed by atoms with Crippen molar-refractivity contribution in [3.8, 4) is 27.4 Å². The van der Waals surface area contributed by atoms with E-state index in [9.17, 15) is 19.8 Å². The van der Waals surface area contributed by atoms with Crippen LogP contribution in [0, 0.1) is 19.8 Å². The van der Waals surface area contributed by atoms with Gasteiger partial charge in [0.25, 0.3) is 0 Å². The molecule has 0 aliphatic carbocycles. The van der Waals surface area contributed by atoms with E-state index in [1.54, 1.807) is 54.7 Å². The molecule has 14 nitrogen and oxygen atoms in total. The number of phenols is 1. The van der Waals surface area contributed by atoms with Crippen LogP contribution in [0.15, 0.2) is 76.8 Å². The molecule has 1 fully saturated rings. The highest BCUT2D eigenvalue weighted by atomic mass is 32.1. The quantitative estimate of drug-likeness (QED) is 0.0899. The Balaban J connectivity index is 1.05. The fraction of sp³-hybridized carbons (Fsp3) is 0.400. The van der Waals surface area contributed by atoms with Crippen LogP contribution in [0.1, 0.15) is 54.9 Å². The number of aromatic nitrogens is 4. The number of carbonyl (C=O) groups excluding carboxylic acids is 2. The summed E-state index contributed by atoms with van der Waals surface area (Å²) in [5.41, 5.74) is 6.45. The molecule has 15 heteroatoms. The molecule has 3 aromatic heterocycles. The Morgan fingerprint density at radius 2 is 1.80 bits per heavy atom. The molecule has 1 aliphatic rings. The van der Waals surface area contributed by atoms with Gasteiger partial charge in [-0.15, -0.1) is 21.5 Å².